The zero-order valence-electron chi connectivity index (χ0n) is 25.5. The largest absolute Gasteiger partial charge is 0.341 e. The Morgan fingerprint density at radius 2 is 1.59 bits per heavy atom. The lowest BCUT2D eigenvalue weighted by Gasteiger charge is -2.28. The van der Waals surface area contributed by atoms with Gasteiger partial charge in [-0.25, -0.2) is 0 Å². The zero-order valence-corrected chi connectivity index (χ0v) is 25.5. The maximum absolute atomic E-state index is 4.30. The molecule has 2 atom stereocenters. The zero-order chi connectivity index (χ0) is 27.8. The van der Waals surface area contributed by atoms with E-state index in [0.29, 0.717) is 5.41 Å². The predicted octanol–water partition coefficient (Wildman–Crippen LogP) is 7.69. The van der Waals surface area contributed by atoms with Gasteiger partial charge in [-0.3, -0.25) is 0 Å². The summed E-state index contributed by atoms with van der Waals surface area (Å²) in [5.74, 6) is 0.949. The number of aryl methyl sites for hydroxylation is 2. The summed E-state index contributed by atoms with van der Waals surface area (Å²) in [4.78, 5) is 0. The number of benzene rings is 1. The van der Waals surface area contributed by atoms with Gasteiger partial charge in [-0.1, -0.05) is 136 Å². The Bertz CT molecular complexity index is 1150. The molecule has 0 saturated heterocycles. The Balaban J connectivity index is 0.000000856. The summed E-state index contributed by atoms with van der Waals surface area (Å²) in [6.45, 7) is 29.3. The molecule has 0 spiro atoms. The lowest BCUT2D eigenvalue weighted by Crippen LogP contribution is -2.36. The van der Waals surface area contributed by atoms with Crippen molar-refractivity contribution < 1.29 is 0 Å². The number of aromatic nitrogens is 1. The SMILES string of the molecule is C=C/C=c1/c(=C)n(CCCc2cccc(CCC(C)(CC)CCC)c2)c(=C)/c1=C/C.CCCC(C)CC. The molecule has 0 aliphatic heterocycles. The Morgan fingerprint density at radius 1 is 0.946 bits per heavy atom. The molecule has 1 heteroatoms. The van der Waals surface area contributed by atoms with Crippen LogP contribution >= 0.6 is 0 Å². The fourth-order valence-electron chi connectivity index (χ4n) is 5.27. The fraction of sp³-hybridized carbons (Fsp3) is 0.556. The van der Waals surface area contributed by atoms with Crippen molar-refractivity contribution in [3.63, 3.8) is 0 Å². The summed E-state index contributed by atoms with van der Waals surface area (Å²) in [7, 11) is 0. The first-order chi connectivity index (χ1) is 17.7. The van der Waals surface area contributed by atoms with Gasteiger partial charge in [-0.15, -0.1) is 0 Å². The number of allylic oxidation sites excluding steroid dienone is 1. The summed E-state index contributed by atoms with van der Waals surface area (Å²) in [6.07, 6.45) is 18.6. The molecule has 0 fully saturated rings. The molecule has 0 aliphatic rings. The van der Waals surface area contributed by atoms with E-state index >= 15 is 0 Å². The van der Waals surface area contributed by atoms with Crippen molar-refractivity contribution in [2.45, 2.75) is 119 Å². The number of hydrogen-bond donors (Lipinski definition) is 0. The second-order valence-corrected chi connectivity index (χ2v) is 11.2. The summed E-state index contributed by atoms with van der Waals surface area (Å²) < 4.78 is 2.26. The van der Waals surface area contributed by atoms with Crippen molar-refractivity contribution in [2.24, 2.45) is 11.3 Å². The summed E-state index contributed by atoms with van der Waals surface area (Å²) >= 11 is 0. The Labute approximate surface area is 229 Å². The van der Waals surface area contributed by atoms with Crippen LogP contribution < -0.4 is 21.1 Å². The molecule has 0 saturated carbocycles. The van der Waals surface area contributed by atoms with Crippen LogP contribution in [0.2, 0.25) is 0 Å². The lowest BCUT2D eigenvalue weighted by atomic mass is 9.78. The third kappa shape index (κ3) is 10.5. The summed E-state index contributed by atoms with van der Waals surface area (Å²) in [6, 6.07) is 9.20. The van der Waals surface area contributed by atoms with Gasteiger partial charge >= 0.3 is 0 Å². The van der Waals surface area contributed by atoms with Gasteiger partial charge in [0.25, 0.3) is 0 Å². The van der Waals surface area contributed by atoms with Gasteiger partial charge in [0.1, 0.15) is 0 Å². The third-order valence-electron chi connectivity index (χ3n) is 8.18. The number of hydrogen-bond acceptors (Lipinski definition) is 0. The van der Waals surface area contributed by atoms with Crippen LogP contribution in [0.5, 0.6) is 0 Å². The number of rotatable bonds is 14. The minimum atomic E-state index is 0.475. The Morgan fingerprint density at radius 3 is 2.11 bits per heavy atom. The van der Waals surface area contributed by atoms with Gasteiger partial charge in [0.2, 0.25) is 0 Å². The van der Waals surface area contributed by atoms with Gasteiger partial charge in [0, 0.05) is 27.7 Å². The predicted molar refractivity (Wildman–Crippen MR) is 170 cm³/mol. The molecule has 1 aromatic heterocycles. The van der Waals surface area contributed by atoms with Crippen LogP contribution in [0.25, 0.3) is 25.3 Å². The summed E-state index contributed by atoms with van der Waals surface area (Å²) in [5.41, 5.74) is 3.39. The van der Waals surface area contributed by atoms with Crippen molar-refractivity contribution in [1.29, 1.82) is 0 Å². The van der Waals surface area contributed by atoms with Gasteiger partial charge in [0.05, 0.1) is 0 Å². The smallest absolute Gasteiger partial charge is 0.0418 e. The molecule has 2 rings (SSSR count). The highest BCUT2D eigenvalue weighted by molar-refractivity contribution is 5.39. The quantitative estimate of drug-likeness (QED) is 0.249. The monoisotopic (exact) mass is 503 g/mol. The van der Waals surface area contributed by atoms with E-state index in [1.807, 2.05) is 12.2 Å². The van der Waals surface area contributed by atoms with Gasteiger partial charge in [-0.2, -0.15) is 0 Å². The Hall–Kier alpha value is -2.28. The van der Waals surface area contributed by atoms with Crippen LogP contribution in [0.3, 0.4) is 0 Å². The lowest BCUT2D eigenvalue weighted by molar-refractivity contribution is 0.258. The average Bonchev–Trinajstić information content (AvgIpc) is 3.12. The highest BCUT2D eigenvalue weighted by atomic mass is 15.0. The Kier molecular flexibility index (Phi) is 15.3. The van der Waals surface area contributed by atoms with E-state index < -0.39 is 0 Å². The van der Waals surface area contributed by atoms with Crippen molar-refractivity contribution in [1.82, 2.24) is 4.57 Å². The molecular formula is C36H57N. The van der Waals surface area contributed by atoms with Crippen LogP contribution in [0.4, 0.5) is 0 Å². The van der Waals surface area contributed by atoms with E-state index in [0.717, 1.165) is 41.2 Å². The van der Waals surface area contributed by atoms with E-state index in [4.69, 9.17) is 0 Å². The molecule has 0 bridgehead atoms. The molecule has 0 aliphatic carbocycles. The topological polar surface area (TPSA) is 4.93 Å². The minimum Gasteiger partial charge on any atom is -0.341 e. The van der Waals surface area contributed by atoms with Gasteiger partial charge < -0.3 is 4.57 Å². The van der Waals surface area contributed by atoms with Crippen molar-refractivity contribution >= 4 is 25.3 Å². The van der Waals surface area contributed by atoms with Crippen molar-refractivity contribution in [3.05, 3.63) is 69.2 Å². The van der Waals surface area contributed by atoms with Crippen LogP contribution in [-0.2, 0) is 19.4 Å². The molecular weight excluding hydrogens is 446 g/mol. The van der Waals surface area contributed by atoms with Gasteiger partial charge in [-0.05, 0) is 61.5 Å². The normalized spacial score (nSPS) is 14.7. The maximum atomic E-state index is 4.30. The van der Waals surface area contributed by atoms with E-state index in [2.05, 4.69) is 103 Å². The minimum absolute atomic E-state index is 0.475. The van der Waals surface area contributed by atoms with Crippen LogP contribution in [0.1, 0.15) is 111 Å². The maximum Gasteiger partial charge on any atom is 0.0418 e. The molecule has 2 unspecified atom stereocenters. The van der Waals surface area contributed by atoms with Crippen LogP contribution in [0.15, 0.2) is 36.9 Å². The standard InChI is InChI=1S/C29H41N.C7H16/c1-8-14-28-24(6)30(23(5)27(28)10-3)21-13-17-25-15-12-16-26(22-25)18-20-29(7,11-4)19-9-2;1-4-6-7(3)5-2/h8,10,12,14-16,22H,1,5-6,9,11,13,17-21H2,2-4,7H3;7H,4-6H2,1-3H3/b27-10-,28-14-;. The molecule has 0 N–H and O–H groups in total. The first kappa shape index (κ1) is 32.7. The molecule has 1 heterocycles. The van der Waals surface area contributed by atoms with Crippen molar-refractivity contribution in [2.75, 3.05) is 0 Å². The molecule has 37 heavy (non-hydrogen) atoms. The molecule has 0 amide bonds. The third-order valence-corrected chi connectivity index (χ3v) is 8.18. The van der Waals surface area contributed by atoms with E-state index in [9.17, 15) is 0 Å². The average molecular weight is 504 g/mol. The molecule has 2 aromatic rings. The molecule has 1 nitrogen and oxygen atoms in total. The fourth-order valence-corrected chi connectivity index (χ4v) is 5.27. The second kappa shape index (κ2) is 17.3. The van der Waals surface area contributed by atoms with Gasteiger partial charge in [0.15, 0.2) is 0 Å². The highest BCUT2D eigenvalue weighted by Gasteiger charge is 2.20. The highest BCUT2D eigenvalue weighted by Crippen LogP contribution is 2.32. The molecule has 206 valence electrons. The van der Waals surface area contributed by atoms with E-state index in [-0.39, 0.29) is 0 Å². The number of nitrogens with zero attached hydrogens (tertiary/aromatic N) is 1. The first-order valence-corrected chi connectivity index (χ1v) is 14.9. The van der Waals surface area contributed by atoms with E-state index in [1.165, 1.54) is 67.7 Å². The summed E-state index contributed by atoms with van der Waals surface area (Å²) in [5, 5.41) is 4.41. The van der Waals surface area contributed by atoms with Crippen molar-refractivity contribution in [3.8, 4) is 0 Å². The second-order valence-electron chi connectivity index (χ2n) is 11.2. The molecule has 1 aromatic carbocycles. The van der Waals surface area contributed by atoms with E-state index in [1.54, 1.807) is 0 Å². The molecule has 0 radical (unpaired) electrons. The van der Waals surface area contributed by atoms with Crippen LogP contribution in [-0.4, -0.2) is 4.57 Å². The van der Waals surface area contributed by atoms with Crippen LogP contribution in [0, 0.1) is 11.3 Å². The first-order valence-electron chi connectivity index (χ1n) is 14.9.